The summed E-state index contributed by atoms with van der Waals surface area (Å²) in [5.74, 6) is -0.0891. The number of hydrogen-bond acceptors (Lipinski definition) is 6. The Kier molecular flexibility index (Phi) is 8.59. The Hall–Kier alpha value is -4.00. The van der Waals surface area contributed by atoms with Crippen molar-refractivity contribution in [1.29, 1.82) is 0 Å². The number of hydrogen-bond donors (Lipinski definition) is 2. The molecule has 2 aromatic carbocycles. The lowest BCUT2D eigenvalue weighted by atomic mass is 10.1. The number of nitrogens with zero attached hydrogens (tertiary/aromatic N) is 3. The standard InChI is InChI=1S/C23H24F3N5O4S/c1-33-16-8-9-17(19(12-16)34-2)20(32)30-22-31(11-3-10-29-21(27)28)18(13-36-22)14-4-6-15(7-5-14)35-23(24,25)26/h4-9,12-13H,3,10-11H2,1-2H3,(H4,27,28,29). The molecule has 9 nitrogen and oxygen atoms in total. The zero-order chi connectivity index (χ0) is 26.3. The van der Waals surface area contributed by atoms with E-state index in [1.54, 1.807) is 28.1 Å². The Morgan fingerprint density at radius 3 is 2.36 bits per heavy atom. The summed E-state index contributed by atoms with van der Waals surface area (Å²) in [5, 5.41) is 1.76. The van der Waals surface area contributed by atoms with E-state index < -0.39 is 12.3 Å². The summed E-state index contributed by atoms with van der Waals surface area (Å²) in [7, 11) is 2.94. The maximum absolute atomic E-state index is 13.0. The molecule has 1 heterocycles. The van der Waals surface area contributed by atoms with Crippen LogP contribution in [0.5, 0.6) is 17.2 Å². The largest absolute Gasteiger partial charge is 0.573 e. The molecule has 0 atom stereocenters. The molecule has 1 amide bonds. The first-order chi connectivity index (χ1) is 17.1. The van der Waals surface area contributed by atoms with Crippen LogP contribution in [0.4, 0.5) is 13.2 Å². The highest BCUT2D eigenvalue weighted by Gasteiger charge is 2.31. The molecular formula is C23H24F3N5O4S. The minimum absolute atomic E-state index is 0.0440. The number of alkyl halides is 3. The van der Waals surface area contributed by atoms with E-state index in [-0.39, 0.29) is 17.3 Å². The third kappa shape index (κ3) is 7.01. The molecule has 4 N–H and O–H groups in total. The molecule has 0 aliphatic rings. The number of ether oxygens (including phenoxy) is 3. The van der Waals surface area contributed by atoms with E-state index in [4.69, 9.17) is 20.9 Å². The van der Waals surface area contributed by atoms with Gasteiger partial charge in [-0.1, -0.05) is 0 Å². The van der Waals surface area contributed by atoms with Crippen molar-refractivity contribution in [3.8, 4) is 28.5 Å². The number of aromatic nitrogens is 1. The van der Waals surface area contributed by atoms with Gasteiger partial charge in [0.05, 0.1) is 25.5 Å². The molecular weight excluding hydrogens is 499 g/mol. The summed E-state index contributed by atoms with van der Waals surface area (Å²) in [4.78, 5) is 21.6. The van der Waals surface area contributed by atoms with Gasteiger partial charge >= 0.3 is 6.36 Å². The number of aliphatic imine (C=N–C) groups is 1. The molecule has 36 heavy (non-hydrogen) atoms. The van der Waals surface area contributed by atoms with E-state index in [9.17, 15) is 18.0 Å². The van der Waals surface area contributed by atoms with Gasteiger partial charge in [0.2, 0.25) is 0 Å². The summed E-state index contributed by atoms with van der Waals surface area (Å²) in [6.45, 7) is 0.727. The van der Waals surface area contributed by atoms with Crippen LogP contribution in [0.3, 0.4) is 0 Å². The number of guanidine groups is 1. The van der Waals surface area contributed by atoms with E-state index >= 15 is 0 Å². The quantitative estimate of drug-likeness (QED) is 0.251. The first kappa shape index (κ1) is 26.6. The molecule has 0 aliphatic heterocycles. The lowest BCUT2D eigenvalue weighted by molar-refractivity contribution is -0.274. The second-order valence-corrected chi connectivity index (χ2v) is 8.11. The topological polar surface area (TPSA) is 126 Å². The highest BCUT2D eigenvalue weighted by molar-refractivity contribution is 7.07. The number of nitrogens with two attached hydrogens (primary N) is 2. The lowest BCUT2D eigenvalue weighted by Crippen LogP contribution is -2.23. The van der Waals surface area contributed by atoms with Crippen LogP contribution in [-0.4, -0.2) is 43.6 Å². The van der Waals surface area contributed by atoms with Gasteiger partial charge < -0.3 is 30.2 Å². The van der Waals surface area contributed by atoms with Gasteiger partial charge in [-0.25, -0.2) is 0 Å². The second-order valence-electron chi connectivity index (χ2n) is 7.27. The van der Waals surface area contributed by atoms with E-state index in [0.717, 1.165) is 0 Å². The highest BCUT2D eigenvalue weighted by Crippen LogP contribution is 2.28. The third-order valence-electron chi connectivity index (χ3n) is 4.85. The maximum atomic E-state index is 13.0. The average molecular weight is 524 g/mol. The van der Waals surface area contributed by atoms with Gasteiger partial charge in [-0.15, -0.1) is 24.5 Å². The molecule has 1 aromatic heterocycles. The molecule has 3 aromatic rings. The van der Waals surface area contributed by atoms with Crippen molar-refractivity contribution in [2.45, 2.75) is 19.3 Å². The van der Waals surface area contributed by atoms with Crippen LogP contribution in [-0.2, 0) is 6.54 Å². The van der Waals surface area contributed by atoms with Crippen molar-refractivity contribution in [3.63, 3.8) is 0 Å². The van der Waals surface area contributed by atoms with Crippen LogP contribution >= 0.6 is 11.3 Å². The fourth-order valence-electron chi connectivity index (χ4n) is 3.25. The molecule has 0 aliphatic carbocycles. The Morgan fingerprint density at radius 2 is 1.75 bits per heavy atom. The average Bonchev–Trinajstić information content (AvgIpc) is 3.22. The number of carbonyl (C=O) groups is 1. The van der Waals surface area contributed by atoms with Crippen molar-refractivity contribution in [3.05, 3.63) is 58.2 Å². The summed E-state index contributed by atoms with van der Waals surface area (Å²) < 4.78 is 53.7. The van der Waals surface area contributed by atoms with E-state index in [0.29, 0.717) is 47.1 Å². The van der Waals surface area contributed by atoms with Gasteiger partial charge in [-0.3, -0.25) is 9.79 Å². The summed E-state index contributed by atoms with van der Waals surface area (Å²) in [6.07, 6.45) is -4.27. The smallest absolute Gasteiger partial charge is 0.497 e. The molecule has 0 saturated carbocycles. The Morgan fingerprint density at radius 1 is 1.06 bits per heavy atom. The van der Waals surface area contributed by atoms with Gasteiger partial charge in [0.1, 0.15) is 17.2 Å². The van der Waals surface area contributed by atoms with Gasteiger partial charge in [0.15, 0.2) is 10.8 Å². The first-order valence-corrected chi connectivity index (χ1v) is 11.4. The van der Waals surface area contributed by atoms with Gasteiger partial charge in [0.25, 0.3) is 5.91 Å². The molecule has 0 radical (unpaired) electrons. The number of rotatable bonds is 9. The first-order valence-electron chi connectivity index (χ1n) is 10.5. The molecule has 0 fully saturated rings. The van der Waals surface area contributed by atoms with Crippen molar-refractivity contribution in [2.75, 3.05) is 20.8 Å². The minimum atomic E-state index is -4.79. The highest BCUT2D eigenvalue weighted by atomic mass is 32.1. The molecule has 0 saturated heterocycles. The van der Waals surface area contributed by atoms with Crippen molar-refractivity contribution >= 4 is 23.2 Å². The maximum Gasteiger partial charge on any atom is 0.573 e. The van der Waals surface area contributed by atoms with E-state index in [2.05, 4.69) is 14.7 Å². The Labute approximate surface area is 208 Å². The van der Waals surface area contributed by atoms with Crippen molar-refractivity contribution in [2.24, 2.45) is 21.5 Å². The van der Waals surface area contributed by atoms with Crippen molar-refractivity contribution in [1.82, 2.24) is 4.57 Å². The summed E-state index contributed by atoms with van der Waals surface area (Å²) in [6, 6.07) is 10.2. The summed E-state index contributed by atoms with van der Waals surface area (Å²) >= 11 is 1.21. The number of benzene rings is 2. The predicted molar refractivity (Wildman–Crippen MR) is 129 cm³/mol. The number of amides is 1. The van der Waals surface area contributed by atoms with Crippen LogP contribution in [0.15, 0.2) is 57.8 Å². The zero-order valence-corrected chi connectivity index (χ0v) is 20.2. The Balaban J connectivity index is 1.99. The van der Waals surface area contributed by atoms with Gasteiger partial charge in [-0.2, -0.15) is 4.99 Å². The zero-order valence-electron chi connectivity index (χ0n) is 19.4. The number of methoxy groups -OCH3 is 2. The van der Waals surface area contributed by atoms with Crippen molar-refractivity contribution < 1.29 is 32.2 Å². The molecule has 0 spiro atoms. The third-order valence-corrected chi connectivity index (χ3v) is 5.72. The van der Waals surface area contributed by atoms with Gasteiger partial charge in [-0.05, 0) is 48.4 Å². The molecule has 13 heteroatoms. The second kappa shape index (κ2) is 11.6. The predicted octanol–water partition coefficient (Wildman–Crippen LogP) is 3.54. The molecule has 0 unspecified atom stereocenters. The van der Waals surface area contributed by atoms with E-state index in [1.165, 1.54) is 49.8 Å². The van der Waals surface area contributed by atoms with Crippen LogP contribution < -0.4 is 30.5 Å². The van der Waals surface area contributed by atoms with Crippen LogP contribution in [0.1, 0.15) is 16.8 Å². The van der Waals surface area contributed by atoms with Crippen LogP contribution in [0.2, 0.25) is 0 Å². The number of thiazole rings is 1. The normalized spacial score (nSPS) is 11.8. The van der Waals surface area contributed by atoms with Crippen LogP contribution in [0.25, 0.3) is 11.3 Å². The fourth-order valence-corrected chi connectivity index (χ4v) is 4.18. The van der Waals surface area contributed by atoms with Crippen LogP contribution in [0, 0.1) is 0 Å². The molecule has 0 bridgehead atoms. The molecule has 192 valence electrons. The minimum Gasteiger partial charge on any atom is -0.497 e. The van der Waals surface area contributed by atoms with Gasteiger partial charge in [0, 0.05) is 24.5 Å². The molecule has 3 rings (SSSR count). The monoisotopic (exact) mass is 523 g/mol. The summed E-state index contributed by atoms with van der Waals surface area (Å²) in [5.41, 5.74) is 12.3. The SMILES string of the molecule is COc1ccc(C(=O)N=c2scc(-c3ccc(OC(F)(F)F)cc3)n2CCCN=C(N)N)c(OC)c1. The fraction of sp³-hybridized carbons (Fsp3) is 0.261. The lowest BCUT2D eigenvalue weighted by Gasteiger charge is -2.11. The number of halogens is 3. The number of carbonyl (C=O) groups excluding carboxylic acids is 1. The Bertz CT molecular complexity index is 1300. The van der Waals surface area contributed by atoms with E-state index in [1.807, 2.05) is 0 Å².